The number of methoxy groups -OCH3 is 2. The molecule has 2 N–H and O–H groups in total. The summed E-state index contributed by atoms with van der Waals surface area (Å²) in [6, 6.07) is 8.24. The maximum Gasteiger partial charge on any atom is 0.224 e. The van der Waals surface area contributed by atoms with E-state index in [0.29, 0.717) is 28.2 Å². The van der Waals surface area contributed by atoms with E-state index in [4.69, 9.17) is 13.9 Å². The highest BCUT2D eigenvalue weighted by Crippen LogP contribution is 2.44. The molecule has 7 nitrogen and oxygen atoms in total. The van der Waals surface area contributed by atoms with E-state index in [1.54, 1.807) is 30.5 Å². The van der Waals surface area contributed by atoms with Gasteiger partial charge in [0.15, 0.2) is 11.5 Å². The molecule has 0 fully saturated rings. The molecule has 0 unspecified atom stereocenters. The number of benzene rings is 1. The average Bonchev–Trinajstić information content (AvgIpc) is 3.41. The number of aromatic hydroxyl groups is 1. The molecule has 33 heavy (non-hydrogen) atoms. The van der Waals surface area contributed by atoms with E-state index in [2.05, 4.69) is 10.3 Å². The smallest absolute Gasteiger partial charge is 0.224 e. The van der Waals surface area contributed by atoms with Gasteiger partial charge in [-0.15, -0.1) is 0 Å². The third kappa shape index (κ3) is 4.45. The number of nitrogens with zero attached hydrogens (tertiary/aromatic N) is 1. The lowest BCUT2D eigenvalue weighted by atomic mass is 10.0. The molecule has 0 atom stereocenters. The summed E-state index contributed by atoms with van der Waals surface area (Å²) in [7, 11) is 2.90. The van der Waals surface area contributed by atoms with Gasteiger partial charge in [-0.25, -0.2) is 4.39 Å². The van der Waals surface area contributed by atoms with Gasteiger partial charge < -0.3 is 24.3 Å². The molecule has 0 saturated carbocycles. The molecule has 0 spiro atoms. The molecule has 0 bridgehead atoms. The Balaban J connectivity index is 1.70. The molecule has 1 amide bonds. The Bertz CT molecular complexity index is 1240. The average molecular weight is 450 g/mol. The van der Waals surface area contributed by atoms with Crippen molar-refractivity contribution in [3.8, 4) is 17.2 Å². The quantitative estimate of drug-likeness (QED) is 0.548. The van der Waals surface area contributed by atoms with Gasteiger partial charge in [0, 0.05) is 11.1 Å². The molecule has 8 heteroatoms. The number of phenols is 1. The van der Waals surface area contributed by atoms with Crippen LogP contribution in [0.5, 0.6) is 17.2 Å². The number of hydrogen-bond donors (Lipinski definition) is 2. The van der Waals surface area contributed by atoms with E-state index in [-0.39, 0.29) is 36.1 Å². The molecule has 0 aliphatic heterocycles. The predicted octanol–water partition coefficient (Wildman–Crippen LogP) is 4.57. The van der Waals surface area contributed by atoms with Crippen LogP contribution in [-0.2, 0) is 11.3 Å². The maximum atomic E-state index is 14.1. The topological polar surface area (TPSA) is 93.8 Å². The van der Waals surface area contributed by atoms with Crippen LogP contribution in [0.2, 0.25) is 0 Å². The Morgan fingerprint density at radius 2 is 1.97 bits per heavy atom. The minimum Gasteiger partial charge on any atom is -0.502 e. The van der Waals surface area contributed by atoms with Gasteiger partial charge in [0.1, 0.15) is 11.6 Å². The predicted molar refractivity (Wildman–Crippen MR) is 121 cm³/mol. The van der Waals surface area contributed by atoms with Crippen molar-refractivity contribution in [2.75, 3.05) is 14.2 Å². The second-order valence-electron chi connectivity index (χ2n) is 7.52. The summed E-state index contributed by atoms with van der Waals surface area (Å²) >= 11 is 0. The first-order valence-electron chi connectivity index (χ1n) is 10.2. The monoisotopic (exact) mass is 450 g/mol. The molecule has 2 aromatic heterocycles. The molecular weight excluding hydrogens is 427 g/mol. The lowest BCUT2D eigenvalue weighted by Crippen LogP contribution is -2.22. The van der Waals surface area contributed by atoms with Crippen LogP contribution >= 0.6 is 0 Å². The first kappa shape index (κ1) is 22.1. The van der Waals surface area contributed by atoms with Gasteiger partial charge in [0.05, 0.1) is 45.3 Å². The number of rotatable bonds is 7. The molecule has 4 rings (SSSR count). The number of furan rings is 1. The minimum absolute atomic E-state index is 0.0598. The first-order chi connectivity index (χ1) is 15.9. The number of ether oxygens (including phenoxy) is 2. The molecule has 1 aliphatic rings. The molecule has 3 aromatic rings. The fourth-order valence-corrected chi connectivity index (χ4v) is 3.82. The van der Waals surface area contributed by atoms with Gasteiger partial charge in [-0.1, -0.05) is 0 Å². The summed E-state index contributed by atoms with van der Waals surface area (Å²) < 4.78 is 29.8. The highest BCUT2D eigenvalue weighted by Gasteiger charge is 2.27. The molecular formula is C25H23FN2O5. The normalized spacial score (nSPS) is 13.9. The van der Waals surface area contributed by atoms with Crippen LogP contribution in [0, 0.1) is 5.82 Å². The van der Waals surface area contributed by atoms with Crippen LogP contribution in [0.1, 0.15) is 35.9 Å². The summed E-state index contributed by atoms with van der Waals surface area (Å²) in [6.45, 7) is 2.14. The van der Waals surface area contributed by atoms with Gasteiger partial charge in [0.25, 0.3) is 0 Å². The summed E-state index contributed by atoms with van der Waals surface area (Å²) in [6.07, 6.45) is 4.60. The zero-order valence-corrected chi connectivity index (χ0v) is 18.4. The van der Waals surface area contributed by atoms with Crippen LogP contribution in [0.15, 0.2) is 52.8 Å². The van der Waals surface area contributed by atoms with Gasteiger partial charge in [0.2, 0.25) is 11.7 Å². The maximum absolute atomic E-state index is 14.1. The third-order valence-corrected chi connectivity index (χ3v) is 5.48. The lowest BCUT2D eigenvalue weighted by Gasteiger charge is -2.10. The summed E-state index contributed by atoms with van der Waals surface area (Å²) in [4.78, 5) is 16.9. The minimum atomic E-state index is -0.482. The Hall–Kier alpha value is -4.07. The van der Waals surface area contributed by atoms with Crippen molar-refractivity contribution in [3.63, 3.8) is 0 Å². The number of carbonyl (C=O) groups is 1. The van der Waals surface area contributed by atoms with Crippen LogP contribution in [0.25, 0.3) is 17.2 Å². The number of nitrogens with one attached hydrogen (secondary N) is 1. The fraction of sp³-hybridized carbons (Fsp3) is 0.200. The van der Waals surface area contributed by atoms with E-state index in [1.807, 2.05) is 13.0 Å². The van der Waals surface area contributed by atoms with Crippen molar-refractivity contribution in [2.24, 2.45) is 0 Å². The Morgan fingerprint density at radius 3 is 2.61 bits per heavy atom. The Labute approximate surface area is 190 Å². The lowest BCUT2D eigenvalue weighted by molar-refractivity contribution is -0.120. The molecule has 1 aliphatic carbocycles. The highest BCUT2D eigenvalue weighted by atomic mass is 19.1. The van der Waals surface area contributed by atoms with Gasteiger partial charge in [-0.05, 0) is 60.0 Å². The number of phenolic OH excluding ortho intramolecular Hbond substituents is 1. The summed E-state index contributed by atoms with van der Waals surface area (Å²) in [5.74, 6) is 0.352. The van der Waals surface area contributed by atoms with Crippen molar-refractivity contribution < 1.29 is 28.2 Å². The Morgan fingerprint density at radius 1 is 1.24 bits per heavy atom. The summed E-state index contributed by atoms with van der Waals surface area (Å²) in [5.41, 5.74) is 4.09. The van der Waals surface area contributed by atoms with E-state index in [1.165, 1.54) is 20.3 Å². The standard InChI is InChI=1S/C25H23FN2O5/c1-14-18(11-23(29)27-13-17-5-4-6-33-17)20-10-16(26)12-28-24(20)19(14)7-15-8-21(31-2)25(30)22(9-15)32-3/h4-10,12,30H,11,13H2,1-3H3,(H,27,29)/b19-7-. The molecule has 2 heterocycles. The fourth-order valence-electron chi connectivity index (χ4n) is 3.82. The molecule has 0 radical (unpaired) electrons. The zero-order valence-electron chi connectivity index (χ0n) is 18.4. The summed E-state index contributed by atoms with van der Waals surface area (Å²) in [5, 5.41) is 13.0. The number of carbonyl (C=O) groups excluding carboxylic acids is 1. The second-order valence-corrected chi connectivity index (χ2v) is 7.52. The van der Waals surface area contributed by atoms with Crippen molar-refractivity contribution in [1.82, 2.24) is 10.3 Å². The number of aromatic nitrogens is 1. The highest BCUT2D eigenvalue weighted by molar-refractivity contribution is 6.07. The first-order valence-corrected chi connectivity index (χ1v) is 10.2. The van der Waals surface area contributed by atoms with Gasteiger partial charge in [-0.3, -0.25) is 9.78 Å². The second kappa shape index (κ2) is 9.20. The van der Waals surface area contributed by atoms with Crippen LogP contribution < -0.4 is 14.8 Å². The number of pyridine rings is 1. The zero-order chi connectivity index (χ0) is 23.5. The van der Waals surface area contributed by atoms with Crippen molar-refractivity contribution in [2.45, 2.75) is 19.9 Å². The van der Waals surface area contributed by atoms with Crippen LogP contribution in [0.4, 0.5) is 4.39 Å². The molecule has 1 aromatic carbocycles. The van der Waals surface area contributed by atoms with Crippen molar-refractivity contribution >= 4 is 23.1 Å². The molecule has 170 valence electrons. The third-order valence-electron chi connectivity index (χ3n) is 5.48. The van der Waals surface area contributed by atoms with E-state index < -0.39 is 5.82 Å². The van der Waals surface area contributed by atoms with Crippen LogP contribution in [0.3, 0.4) is 0 Å². The van der Waals surface area contributed by atoms with Crippen molar-refractivity contribution in [3.05, 3.63) is 76.8 Å². The van der Waals surface area contributed by atoms with Crippen LogP contribution in [-0.4, -0.2) is 30.2 Å². The number of amides is 1. The van der Waals surface area contributed by atoms with E-state index >= 15 is 0 Å². The van der Waals surface area contributed by atoms with Gasteiger partial charge >= 0.3 is 0 Å². The van der Waals surface area contributed by atoms with Crippen molar-refractivity contribution in [1.29, 1.82) is 0 Å². The SMILES string of the molecule is COc1cc(/C=C2/C(C)=C(CC(=O)NCc3ccco3)c3cc(F)cnc32)cc(OC)c1O. The molecule has 0 saturated heterocycles. The van der Waals surface area contributed by atoms with E-state index in [0.717, 1.165) is 17.3 Å². The van der Waals surface area contributed by atoms with E-state index in [9.17, 15) is 14.3 Å². The number of allylic oxidation sites excluding steroid dienone is 2. The number of halogens is 1. The van der Waals surface area contributed by atoms with Gasteiger partial charge in [-0.2, -0.15) is 0 Å². The number of fused-ring (bicyclic) bond motifs is 1. The Kier molecular flexibility index (Phi) is 6.17. The number of hydrogen-bond acceptors (Lipinski definition) is 6. The largest absolute Gasteiger partial charge is 0.502 e.